The van der Waals surface area contributed by atoms with Crippen molar-refractivity contribution < 1.29 is 27.3 Å². The molecule has 1 aliphatic heterocycles. The molecule has 2 heterocycles. The summed E-state index contributed by atoms with van der Waals surface area (Å²) in [6.07, 6.45) is 1.23. The van der Waals surface area contributed by atoms with E-state index in [4.69, 9.17) is 4.52 Å². The predicted octanol–water partition coefficient (Wildman–Crippen LogP) is 2.64. The standard InChI is InChI=1S/C19H19F3N4O3/c1-11(17(28)26-8-7-18(5-6-18)19(21,22)10-26)23-15(27)14-24-16(29-25-14)12-3-2-4-13(20)9-12/h2-4,9,11H,5-8,10H2,1H3,(H,23,27)/t11-/m0/s1. The topological polar surface area (TPSA) is 88.3 Å². The number of nitrogens with zero attached hydrogens (tertiary/aromatic N) is 3. The Morgan fingerprint density at radius 2 is 2.03 bits per heavy atom. The Hall–Kier alpha value is -2.91. The highest BCUT2D eigenvalue weighted by atomic mass is 19.3. The van der Waals surface area contributed by atoms with Gasteiger partial charge in [0.05, 0.1) is 6.54 Å². The molecular formula is C19H19F3N4O3. The molecule has 154 valence electrons. The highest BCUT2D eigenvalue weighted by Gasteiger charge is 2.64. The molecule has 0 unspecified atom stereocenters. The zero-order chi connectivity index (χ0) is 20.8. The molecule has 1 saturated carbocycles. The van der Waals surface area contributed by atoms with Crippen molar-refractivity contribution in [2.75, 3.05) is 13.1 Å². The lowest BCUT2D eigenvalue weighted by Crippen LogP contribution is -2.56. The van der Waals surface area contributed by atoms with Crippen LogP contribution in [0.4, 0.5) is 13.2 Å². The lowest BCUT2D eigenvalue weighted by atomic mass is 9.89. The quantitative estimate of drug-likeness (QED) is 0.840. The van der Waals surface area contributed by atoms with E-state index in [9.17, 15) is 22.8 Å². The van der Waals surface area contributed by atoms with Crippen molar-refractivity contribution in [2.24, 2.45) is 5.41 Å². The van der Waals surface area contributed by atoms with Gasteiger partial charge in [0.15, 0.2) is 0 Å². The number of nitrogens with one attached hydrogen (secondary N) is 1. The average Bonchev–Trinajstić information content (AvgIpc) is 3.30. The summed E-state index contributed by atoms with van der Waals surface area (Å²) in [7, 11) is 0. The van der Waals surface area contributed by atoms with E-state index in [1.807, 2.05) is 0 Å². The number of carbonyl (C=O) groups excluding carboxylic acids is 2. The van der Waals surface area contributed by atoms with E-state index in [0.29, 0.717) is 18.4 Å². The Kier molecular flexibility index (Phi) is 4.59. The van der Waals surface area contributed by atoms with Crippen molar-refractivity contribution in [1.29, 1.82) is 0 Å². The number of alkyl halides is 2. The number of likely N-dealkylation sites (tertiary alicyclic amines) is 1. The van der Waals surface area contributed by atoms with E-state index < -0.39 is 41.6 Å². The van der Waals surface area contributed by atoms with Crippen LogP contribution in [0.25, 0.3) is 11.5 Å². The zero-order valence-electron chi connectivity index (χ0n) is 15.6. The van der Waals surface area contributed by atoms with Gasteiger partial charge >= 0.3 is 0 Å². The SMILES string of the molecule is C[C@H](NC(=O)c1noc(-c2cccc(F)c2)n1)C(=O)N1CCC2(CC2)C(F)(F)C1. The third-order valence-corrected chi connectivity index (χ3v) is 5.61. The maximum Gasteiger partial charge on any atom is 0.293 e. The first-order valence-corrected chi connectivity index (χ1v) is 9.28. The summed E-state index contributed by atoms with van der Waals surface area (Å²) in [6, 6.07) is 4.37. The third-order valence-electron chi connectivity index (χ3n) is 5.61. The fourth-order valence-corrected chi connectivity index (χ4v) is 3.62. The summed E-state index contributed by atoms with van der Waals surface area (Å²) in [4.78, 5) is 29.8. The van der Waals surface area contributed by atoms with Gasteiger partial charge in [-0.05, 0) is 44.4 Å². The van der Waals surface area contributed by atoms with Gasteiger partial charge < -0.3 is 14.7 Å². The van der Waals surface area contributed by atoms with Crippen molar-refractivity contribution in [3.05, 3.63) is 35.9 Å². The van der Waals surface area contributed by atoms with Gasteiger partial charge in [-0.1, -0.05) is 11.2 Å². The summed E-state index contributed by atoms with van der Waals surface area (Å²) >= 11 is 0. The molecule has 0 radical (unpaired) electrons. The number of halogens is 3. The lowest BCUT2D eigenvalue weighted by molar-refractivity contribution is -0.156. The summed E-state index contributed by atoms with van der Waals surface area (Å²) in [5.74, 6) is -5.21. The molecule has 2 amide bonds. The van der Waals surface area contributed by atoms with Crippen molar-refractivity contribution in [2.45, 2.75) is 38.2 Å². The van der Waals surface area contributed by atoms with E-state index in [0.717, 1.165) is 4.90 Å². The van der Waals surface area contributed by atoms with Crippen molar-refractivity contribution >= 4 is 11.8 Å². The van der Waals surface area contributed by atoms with Gasteiger partial charge in [-0.2, -0.15) is 4.98 Å². The van der Waals surface area contributed by atoms with Gasteiger partial charge in [0.2, 0.25) is 5.91 Å². The molecule has 1 atom stereocenters. The smallest absolute Gasteiger partial charge is 0.293 e. The molecule has 1 aromatic heterocycles. The molecule has 1 aromatic carbocycles. The summed E-state index contributed by atoms with van der Waals surface area (Å²) in [5.41, 5.74) is -0.654. The molecule has 1 spiro atoms. The minimum absolute atomic E-state index is 0.0565. The van der Waals surface area contributed by atoms with Crippen LogP contribution in [0, 0.1) is 11.2 Å². The fourth-order valence-electron chi connectivity index (χ4n) is 3.62. The van der Waals surface area contributed by atoms with Crippen LogP contribution in [0.2, 0.25) is 0 Å². The largest absolute Gasteiger partial charge is 0.338 e. The highest BCUT2D eigenvalue weighted by molar-refractivity contribution is 5.94. The summed E-state index contributed by atoms with van der Waals surface area (Å²) < 4.78 is 46.9. The Balaban J connectivity index is 1.39. The van der Waals surface area contributed by atoms with Crippen molar-refractivity contribution in [1.82, 2.24) is 20.4 Å². The number of amides is 2. The summed E-state index contributed by atoms with van der Waals surface area (Å²) in [6.45, 7) is 1.01. The first-order valence-electron chi connectivity index (χ1n) is 9.28. The van der Waals surface area contributed by atoms with Crippen LogP contribution in [0.5, 0.6) is 0 Å². The van der Waals surface area contributed by atoms with Gasteiger partial charge in [-0.15, -0.1) is 0 Å². The monoisotopic (exact) mass is 408 g/mol. The van der Waals surface area contributed by atoms with Crippen LogP contribution in [0.1, 0.15) is 36.8 Å². The molecule has 29 heavy (non-hydrogen) atoms. The molecule has 2 aromatic rings. The molecule has 2 aliphatic rings. The lowest BCUT2D eigenvalue weighted by Gasteiger charge is -2.39. The van der Waals surface area contributed by atoms with Gasteiger partial charge in [-0.25, -0.2) is 13.2 Å². The van der Waals surface area contributed by atoms with E-state index >= 15 is 0 Å². The van der Waals surface area contributed by atoms with Gasteiger partial charge in [-0.3, -0.25) is 9.59 Å². The zero-order valence-corrected chi connectivity index (χ0v) is 15.6. The van der Waals surface area contributed by atoms with Crippen LogP contribution in [-0.4, -0.2) is 51.9 Å². The second-order valence-electron chi connectivity index (χ2n) is 7.62. The van der Waals surface area contributed by atoms with Crippen LogP contribution in [-0.2, 0) is 4.79 Å². The molecule has 1 N–H and O–H groups in total. The first kappa shape index (κ1) is 19.4. The minimum Gasteiger partial charge on any atom is -0.338 e. The maximum atomic E-state index is 14.3. The number of hydrogen-bond donors (Lipinski definition) is 1. The molecule has 1 saturated heterocycles. The predicted molar refractivity (Wildman–Crippen MR) is 94.4 cm³/mol. The third kappa shape index (κ3) is 3.58. The highest BCUT2D eigenvalue weighted by Crippen LogP contribution is 2.61. The number of piperidine rings is 1. The molecule has 7 nitrogen and oxygen atoms in total. The Morgan fingerprint density at radius 1 is 1.28 bits per heavy atom. The van der Waals surface area contributed by atoms with Gasteiger partial charge in [0, 0.05) is 17.5 Å². The normalized spacial score (nSPS) is 20.3. The van der Waals surface area contributed by atoms with E-state index in [-0.39, 0.29) is 24.7 Å². The van der Waals surface area contributed by atoms with Gasteiger partial charge in [0.25, 0.3) is 23.5 Å². The molecular weight excluding hydrogens is 389 g/mol. The van der Waals surface area contributed by atoms with Crippen LogP contribution < -0.4 is 5.32 Å². The number of rotatable bonds is 4. The second-order valence-corrected chi connectivity index (χ2v) is 7.62. The van der Waals surface area contributed by atoms with E-state index in [1.165, 1.54) is 31.2 Å². The first-order chi connectivity index (χ1) is 13.7. The second kappa shape index (κ2) is 6.85. The molecule has 10 heteroatoms. The molecule has 0 bridgehead atoms. The number of benzene rings is 1. The Labute approximate surface area is 164 Å². The van der Waals surface area contributed by atoms with Crippen molar-refractivity contribution in [3.63, 3.8) is 0 Å². The number of aromatic nitrogens is 2. The Bertz CT molecular complexity index is 958. The maximum absolute atomic E-state index is 14.3. The van der Waals surface area contributed by atoms with Crippen molar-refractivity contribution in [3.8, 4) is 11.5 Å². The Morgan fingerprint density at radius 3 is 2.69 bits per heavy atom. The number of carbonyl (C=O) groups is 2. The fraction of sp³-hybridized carbons (Fsp3) is 0.474. The minimum atomic E-state index is -2.92. The van der Waals surface area contributed by atoms with Gasteiger partial charge in [0.1, 0.15) is 11.9 Å². The van der Waals surface area contributed by atoms with Crippen LogP contribution in [0.3, 0.4) is 0 Å². The molecule has 2 fully saturated rings. The van der Waals surface area contributed by atoms with E-state index in [2.05, 4.69) is 15.5 Å². The molecule has 4 rings (SSSR count). The average molecular weight is 408 g/mol. The number of hydrogen-bond acceptors (Lipinski definition) is 5. The summed E-state index contributed by atoms with van der Waals surface area (Å²) in [5, 5.41) is 5.93. The van der Waals surface area contributed by atoms with E-state index in [1.54, 1.807) is 0 Å². The molecule has 1 aliphatic carbocycles. The van der Waals surface area contributed by atoms with Crippen LogP contribution >= 0.6 is 0 Å². The van der Waals surface area contributed by atoms with Crippen LogP contribution in [0.15, 0.2) is 28.8 Å².